The summed E-state index contributed by atoms with van der Waals surface area (Å²) in [5.74, 6) is 3.16. The van der Waals surface area contributed by atoms with Gasteiger partial charge in [-0.2, -0.15) is 0 Å². The van der Waals surface area contributed by atoms with Gasteiger partial charge in [-0.15, -0.1) is 17.8 Å². The van der Waals surface area contributed by atoms with Crippen LogP contribution in [0.3, 0.4) is 0 Å². The van der Waals surface area contributed by atoms with E-state index >= 15 is 0 Å². The lowest BCUT2D eigenvalue weighted by Gasteiger charge is -2.06. The third kappa shape index (κ3) is 5.16. The number of terminal acetylenes is 1. The van der Waals surface area contributed by atoms with Gasteiger partial charge in [-0.1, -0.05) is 18.1 Å². The summed E-state index contributed by atoms with van der Waals surface area (Å²) in [4.78, 5) is 15.6. The van der Waals surface area contributed by atoms with Gasteiger partial charge in [-0.3, -0.25) is 5.32 Å². The van der Waals surface area contributed by atoms with Gasteiger partial charge in [0, 0.05) is 18.1 Å². The van der Waals surface area contributed by atoms with Crippen LogP contribution < -0.4 is 15.4 Å². The van der Waals surface area contributed by atoms with Gasteiger partial charge >= 0.3 is 6.03 Å². The van der Waals surface area contributed by atoms with Crippen LogP contribution in [0.25, 0.3) is 0 Å². The first kappa shape index (κ1) is 14.9. The highest BCUT2D eigenvalue weighted by atomic mass is 32.1. The van der Waals surface area contributed by atoms with Crippen LogP contribution in [-0.4, -0.2) is 24.2 Å². The molecule has 1 aromatic carbocycles. The SMILES string of the molecule is C#CCOc1ccc(CCNC(=O)Nc2nccs2)cc1. The number of aromatic nitrogens is 1. The van der Waals surface area contributed by atoms with Crippen molar-refractivity contribution in [1.29, 1.82) is 0 Å². The van der Waals surface area contributed by atoms with E-state index in [4.69, 9.17) is 11.2 Å². The molecule has 0 fully saturated rings. The second-order valence-corrected chi connectivity index (χ2v) is 5.00. The molecular formula is C15H15N3O2S. The zero-order chi connectivity index (χ0) is 14.9. The molecule has 0 saturated carbocycles. The van der Waals surface area contributed by atoms with Gasteiger partial charge in [0.15, 0.2) is 5.13 Å². The van der Waals surface area contributed by atoms with Crippen LogP contribution in [0, 0.1) is 12.3 Å². The van der Waals surface area contributed by atoms with Crippen LogP contribution >= 0.6 is 11.3 Å². The lowest BCUT2D eigenvalue weighted by molar-refractivity contribution is 0.252. The van der Waals surface area contributed by atoms with Gasteiger partial charge in [0.1, 0.15) is 12.4 Å². The Morgan fingerprint density at radius 3 is 2.86 bits per heavy atom. The average molecular weight is 301 g/mol. The Balaban J connectivity index is 1.70. The monoisotopic (exact) mass is 301 g/mol. The number of amides is 2. The summed E-state index contributed by atoms with van der Waals surface area (Å²) in [7, 11) is 0. The average Bonchev–Trinajstić information content (AvgIpc) is 2.99. The highest BCUT2D eigenvalue weighted by Crippen LogP contribution is 2.12. The molecule has 21 heavy (non-hydrogen) atoms. The molecule has 2 amide bonds. The highest BCUT2D eigenvalue weighted by Gasteiger charge is 2.02. The fourth-order valence-electron chi connectivity index (χ4n) is 1.62. The van der Waals surface area contributed by atoms with Crippen molar-refractivity contribution in [3.63, 3.8) is 0 Å². The molecule has 5 nitrogen and oxygen atoms in total. The maximum Gasteiger partial charge on any atom is 0.321 e. The number of nitrogens with zero attached hydrogens (tertiary/aromatic N) is 1. The van der Waals surface area contributed by atoms with Crippen LogP contribution in [0.15, 0.2) is 35.8 Å². The van der Waals surface area contributed by atoms with E-state index in [0.717, 1.165) is 17.7 Å². The molecule has 1 heterocycles. The second-order valence-electron chi connectivity index (χ2n) is 4.10. The van der Waals surface area contributed by atoms with E-state index in [0.29, 0.717) is 11.7 Å². The molecule has 2 aromatic rings. The van der Waals surface area contributed by atoms with Gasteiger partial charge in [0.2, 0.25) is 0 Å². The van der Waals surface area contributed by atoms with Crippen molar-refractivity contribution < 1.29 is 9.53 Å². The summed E-state index contributed by atoms with van der Waals surface area (Å²) in [6.07, 6.45) is 7.50. The molecule has 0 aliphatic rings. The Bertz CT molecular complexity index is 603. The lowest BCUT2D eigenvalue weighted by Crippen LogP contribution is -2.30. The molecule has 108 valence electrons. The van der Waals surface area contributed by atoms with Gasteiger partial charge in [0.05, 0.1) is 0 Å². The van der Waals surface area contributed by atoms with Crippen LogP contribution in [0.2, 0.25) is 0 Å². The summed E-state index contributed by atoms with van der Waals surface area (Å²) >= 11 is 1.38. The summed E-state index contributed by atoms with van der Waals surface area (Å²) in [6, 6.07) is 7.38. The Hall–Kier alpha value is -2.52. The van der Waals surface area contributed by atoms with Crippen molar-refractivity contribution in [2.45, 2.75) is 6.42 Å². The number of hydrogen-bond acceptors (Lipinski definition) is 4. The zero-order valence-corrected chi connectivity index (χ0v) is 12.2. The van der Waals surface area contributed by atoms with Crippen LogP contribution in [0.4, 0.5) is 9.93 Å². The minimum atomic E-state index is -0.251. The third-order valence-corrected chi connectivity index (χ3v) is 3.29. The minimum Gasteiger partial charge on any atom is -0.481 e. The van der Waals surface area contributed by atoms with Crippen molar-refractivity contribution in [3.05, 3.63) is 41.4 Å². The normalized spacial score (nSPS) is 9.67. The topological polar surface area (TPSA) is 63.2 Å². The molecule has 1 aromatic heterocycles. The smallest absolute Gasteiger partial charge is 0.321 e. The Kier molecular flexibility index (Phi) is 5.61. The number of hydrogen-bond donors (Lipinski definition) is 2. The van der Waals surface area contributed by atoms with E-state index in [1.165, 1.54) is 11.3 Å². The van der Waals surface area contributed by atoms with Crippen molar-refractivity contribution >= 4 is 22.5 Å². The quantitative estimate of drug-likeness (QED) is 0.806. The molecule has 0 unspecified atom stereocenters. The van der Waals surface area contributed by atoms with Crippen molar-refractivity contribution in [3.8, 4) is 18.1 Å². The van der Waals surface area contributed by atoms with E-state index in [9.17, 15) is 4.79 Å². The van der Waals surface area contributed by atoms with Crippen LogP contribution in [0.5, 0.6) is 5.75 Å². The maximum absolute atomic E-state index is 11.6. The zero-order valence-electron chi connectivity index (χ0n) is 11.3. The molecule has 0 spiro atoms. The largest absolute Gasteiger partial charge is 0.481 e. The number of rotatable bonds is 6. The molecule has 0 aliphatic heterocycles. The molecule has 0 aliphatic carbocycles. The number of benzene rings is 1. The predicted molar refractivity (Wildman–Crippen MR) is 83.6 cm³/mol. The maximum atomic E-state index is 11.6. The third-order valence-electron chi connectivity index (χ3n) is 2.60. The van der Waals surface area contributed by atoms with Crippen molar-refractivity contribution in [2.24, 2.45) is 0 Å². The van der Waals surface area contributed by atoms with E-state index in [1.807, 2.05) is 24.3 Å². The Morgan fingerprint density at radius 2 is 2.19 bits per heavy atom. The van der Waals surface area contributed by atoms with E-state index < -0.39 is 0 Å². The predicted octanol–water partition coefficient (Wildman–Crippen LogP) is 2.52. The first-order chi connectivity index (χ1) is 10.3. The van der Waals surface area contributed by atoms with Gasteiger partial charge < -0.3 is 10.1 Å². The molecule has 0 radical (unpaired) electrons. The Morgan fingerprint density at radius 1 is 1.38 bits per heavy atom. The van der Waals surface area contributed by atoms with E-state index in [-0.39, 0.29) is 12.6 Å². The minimum absolute atomic E-state index is 0.251. The fraction of sp³-hybridized carbons (Fsp3) is 0.200. The number of anilines is 1. The van der Waals surface area contributed by atoms with Gasteiger partial charge in [0.25, 0.3) is 0 Å². The molecule has 6 heteroatoms. The van der Waals surface area contributed by atoms with E-state index in [1.54, 1.807) is 11.6 Å². The molecule has 2 N–H and O–H groups in total. The molecule has 2 rings (SSSR count). The highest BCUT2D eigenvalue weighted by molar-refractivity contribution is 7.13. The summed E-state index contributed by atoms with van der Waals surface area (Å²) < 4.78 is 5.29. The van der Waals surface area contributed by atoms with Crippen LogP contribution in [0.1, 0.15) is 5.56 Å². The number of carbonyl (C=O) groups excluding carboxylic acids is 1. The number of thiazole rings is 1. The first-order valence-corrected chi connectivity index (χ1v) is 7.25. The second kappa shape index (κ2) is 7.92. The van der Waals surface area contributed by atoms with E-state index in [2.05, 4.69) is 21.5 Å². The van der Waals surface area contributed by atoms with Crippen LogP contribution in [-0.2, 0) is 6.42 Å². The lowest BCUT2D eigenvalue weighted by atomic mass is 10.1. The van der Waals surface area contributed by atoms with Gasteiger partial charge in [-0.05, 0) is 24.1 Å². The van der Waals surface area contributed by atoms with Gasteiger partial charge in [-0.25, -0.2) is 9.78 Å². The Labute approximate surface area is 127 Å². The molecule has 0 atom stereocenters. The summed E-state index contributed by atoms with van der Waals surface area (Å²) in [5.41, 5.74) is 1.11. The summed E-state index contributed by atoms with van der Waals surface area (Å²) in [5, 5.41) is 7.83. The van der Waals surface area contributed by atoms with Crippen molar-refractivity contribution in [2.75, 3.05) is 18.5 Å². The number of carbonyl (C=O) groups is 1. The molecule has 0 bridgehead atoms. The molecular weight excluding hydrogens is 286 g/mol. The summed E-state index contributed by atoms with van der Waals surface area (Å²) in [6.45, 7) is 0.805. The number of ether oxygens (including phenoxy) is 1. The standard InChI is InChI=1S/C15H15N3O2S/c1-2-10-20-13-5-3-12(4-6-13)7-8-16-14(19)18-15-17-9-11-21-15/h1,3-6,9,11H,7-8,10H2,(H2,16,17,18,19). The first-order valence-electron chi connectivity index (χ1n) is 6.37. The number of nitrogens with one attached hydrogen (secondary N) is 2. The number of urea groups is 1. The fourth-order valence-corrected chi connectivity index (χ4v) is 2.15. The van der Waals surface area contributed by atoms with Crippen molar-refractivity contribution in [1.82, 2.24) is 10.3 Å². The molecule has 0 saturated heterocycles.